The molecule has 1 heterocycles. The Kier molecular flexibility index (Phi) is 5.32. The van der Waals surface area contributed by atoms with Crippen molar-refractivity contribution in [1.29, 1.82) is 5.26 Å². The molecule has 1 N–H and O–H groups in total. The molecule has 0 fully saturated rings. The van der Waals surface area contributed by atoms with Crippen LogP contribution in [0.3, 0.4) is 0 Å². The Morgan fingerprint density at radius 3 is 2.38 bits per heavy atom. The Balaban J connectivity index is 1.87. The first kappa shape index (κ1) is 16.3. The number of nitrogens with one attached hydrogen (secondary N) is 1. The first-order chi connectivity index (χ1) is 11.8. The number of amides is 1. The summed E-state index contributed by atoms with van der Waals surface area (Å²) < 4.78 is 0. The number of thioether (sulfide) groups is 1. The molecule has 0 radical (unpaired) electrons. The fourth-order valence-electron chi connectivity index (χ4n) is 2.21. The SMILES string of the molecule is N#Cc1ccsc1NC(=O)[C@@H](Sc1ccccc1)c1ccccc1. The third kappa shape index (κ3) is 3.85. The van der Waals surface area contributed by atoms with E-state index in [1.165, 1.54) is 23.1 Å². The lowest BCUT2D eigenvalue weighted by atomic mass is 10.1. The van der Waals surface area contributed by atoms with Crippen LogP contribution in [0.5, 0.6) is 0 Å². The van der Waals surface area contributed by atoms with Crippen LogP contribution in [0, 0.1) is 11.3 Å². The average Bonchev–Trinajstić information content (AvgIpc) is 3.08. The molecule has 0 saturated heterocycles. The van der Waals surface area contributed by atoms with Gasteiger partial charge in [-0.2, -0.15) is 5.26 Å². The summed E-state index contributed by atoms with van der Waals surface area (Å²) in [6.45, 7) is 0. The molecule has 0 saturated carbocycles. The minimum atomic E-state index is -0.387. The highest BCUT2D eigenvalue weighted by atomic mass is 32.2. The van der Waals surface area contributed by atoms with Crippen LogP contribution >= 0.6 is 23.1 Å². The van der Waals surface area contributed by atoms with Crippen LogP contribution in [0.25, 0.3) is 0 Å². The van der Waals surface area contributed by atoms with Crippen molar-refractivity contribution in [3.63, 3.8) is 0 Å². The summed E-state index contributed by atoms with van der Waals surface area (Å²) in [4.78, 5) is 13.9. The Bertz CT molecular complexity index is 854. The average molecular weight is 350 g/mol. The zero-order valence-corrected chi connectivity index (χ0v) is 14.3. The number of rotatable bonds is 5. The van der Waals surface area contributed by atoms with E-state index in [-0.39, 0.29) is 11.2 Å². The lowest BCUT2D eigenvalue weighted by molar-refractivity contribution is -0.115. The Hall–Kier alpha value is -2.55. The number of anilines is 1. The van der Waals surface area contributed by atoms with Gasteiger partial charge in [0.25, 0.3) is 0 Å². The van der Waals surface area contributed by atoms with Gasteiger partial charge in [0.05, 0.1) is 5.56 Å². The fraction of sp³-hybridized carbons (Fsp3) is 0.0526. The molecule has 24 heavy (non-hydrogen) atoms. The zero-order valence-electron chi connectivity index (χ0n) is 12.7. The molecule has 1 amide bonds. The number of hydrogen-bond donors (Lipinski definition) is 1. The van der Waals surface area contributed by atoms with Crippen molar-refractivity contribution >= 4 is 34.0 Å². The smallest absolute Gasteiger partial charge is 0.243 e. The highest BCUT2D eigenvalue weighted by Crippen LogP contribution is 2.36. The molecule has 0 aliphatic carbocycles. The molecule has 0 spiro atoms. The van der Waals surface area contributed by atoms with E-state index >= 15 is 0 Å². The lowest BCUT2D eigenvalue weighted by Gasteiger charge is -2.16. The van der Waals surface area contributed by atoms with Crippen molar-refractivity contribution < 1.29 is 4.79 Å². The van der Waals surface area contributed by atoms with Crippen molar-refractivity contribution in [2.24, 2.45) is 0 Å². The van der Waals surface area contributed by atoms with Gasteiger partial charge < -0.3 is 5.32 Å². The Labute approximate surface area is 149 Å². The van der Waals surface area contributed by atoms with Crippen LogP contribution in [-0.4, -0.2) is 5.91 Å². The summed E-state index contributed by atoms with van der Waals surface area (Å²) in [5, 5.41) is 14.0. The lowest BCUT2D eigenvalue weighted by Crippen LogP contribution is -2.18. The molecule has 0 bridgehead atoms. The molecule has 3 aromatic rings. The van der Waals surface area contributed by atoms with E-state index in [0.29, 0.717) is 10.6 Å². The maximum Gasteiger partial charge on any atom is 0.243 e. The minimum absolute atomic E-state index is 0.131. The van der Waals surface area contributed by atoms with Crippen LogP contribution in [0.15, 0.2) is 77.0 Å². The summed E-state index contributed by atoms with van der Waals surface area (Å²) in [6.07, 6.45) is 0. The number of thiophene rings is 1. The molecule has 0 aliphatic rings. The topological polar surface area (TPSA) is 52.9 Å². The summed E-state index contributed by atoms with van der Waals surface area (Å²) in [5.41, 5.74) is 1.42. The molecule has 1 aromatic heterocycles. The normalized spacial score (nSPS) is 11.5. The van der Waals surface area contributed by atoms with Crippen LogP contribution < -0.4 is 5.32 Å². The second-order valence-corrected chi connectivity index (χ2v) is 7.08. The molecule has 118 valence electrons. The van der Waals surface area contributed by atoms with Crippen molar-refractivity contribution in [2.45, 2.75) is 10.1 Å². The molecule has 5 heteroatoms. The van der Waals surface area contributed by atoms with Gasteiger partial charge in [-0.1, -0.05) is 48.5 Å². The summed E-state index contributed by atoms with van der Waals surface area (Å²) >= 11 is 2.85. The number of carbonyl (C=O) groups excluding carboxylic acids is 1. The van der Waals surface area contributed by atoms with E-state index in [9.17, 15) is 4.79 Å². The third-order valence-corrected chi connectivity index (χ3v) is 5.46. The predicted octanol–water partition coefficient (Wildman–Crippen LogP) is 5.09. The van der Waals surface area contributed by atoms with Gasteiger partial charge in [0.15, 0.2) is 0 Å². The van der Waals surface area contributed by atoms with Crippen molar-refractivity contribution in [1.82, 2.24) is 0 Å². The number of nitrogens with zero attached hydrogens (tertiary/aromatic N) is 1. The molecule has 3 rings (SSSR count). The van der Waals surface area contributed by atoms with Gasteiger partial charge >= 0.3 is 0 Å². The van der Waals surface area contributed by atoms with Crippen LogP contribution in [0.2, 0.25) is 0 Å². The van der Waals surface area contributed by atoms with E-state index in [1.807, 2.05) is 60.7 Å². The van der Waals surface area contributed by atoms with Gasteiger partial charge in [-0.25, -0.2) is 0 Å². The standard InChI is InChI=1S/C19H14N2OS2/c20-13-15-11-12-23-19(15)21-18(22)17(14-7-3-1-4-8-14)24-16-9-5-2-6-10-16/h1-12,17H,(H,21,22)/t17-/m0/s1. The molecule has 0 unspecified atom stereocenters. The molecule has 1 atom stereocenters. The van der Waals surface area contributed by atoms with Crippen LogP contribution in [0.4, 0.5) is 5.00 Å². The van der Waals surface area contributed by atoms with E-state index < -0.39 is 0 Å². The first-order valence-electron chi connectivity index (χ1n) is 7.33. The third-order valence-electron chi connectivity index (χ3n) is 3.36. The molecule has 0 aliphatic heterocycles. The first-order valence-corrected chi connectivity index (χ1v) is 9.09. The number of nitriles is 1. The van der Waals surface area contributed by atoms with Gasteiger partial charge in [-0.3, -0.25) is 4.79 Å². The molecular formula is C19H14N2OS2. The summed E-state index contributed by atoms with van der Waals surface area (Å²) in [6, 6.07) is 23.3. The number of benzene rings is 2. The van der Waals surface area contributed by atoms with E-state index in [1.54, 1.807) is 11.4 Å². The van der Waals surface area contributed by atoms with Gasteiger partial charge in [0.2, 0.25) is 5.91 Å². The maximum absolute atomic E-state index is 12.8. The molecule has 3 nitrogen and oxygen atoms in total. The van der Waals surface area contributed by atoms with Crippen molar-refractivity contribution in [2.75, 3.05) is 5.32 Å². The second-order valence-electron chi connectivity index (χ2n) is 4.99. The maximum atomic E-state index is 12.8. The molecular weight excluding hydrogens is 336 g/mol. The molecule has 2 aromatic carbocycles. The van der Waals surface area contributed by atoms with Gasteiger partial charge in [-0.05, 0) is 29.1 Å². The number of carbonyl (C=O) groups is 1. The van der Waals surface area contributed by atoms with Gasteiger partial charge in [0, 0.05) is 4.90 Å². The van der Waals surface area contributed by atoms with Crippen LogP contribution in [0.1, 0.15) is 16.4 Å². The quantitative estimate of drug-likeness (QED) is 0.652. The van der Waals surface area contributed by atoms with Crippen molar-refractivity contribution in [3.8, 4) is 6.07 Å². The number of hydrogen-bond acceptors (Lipinski definition) is 4. The largest absolute Gasteiger partial charge is 0.315 e. The van der Waals surface area contributed by atoms with E-state index in [4.69, 9.17) is 5.26 Å². The summed E-state index contributed by atoms with van der Waals surface area (Å²) in [5.74, 6) is -0.131. The van der Waals surface area contributed by atoms with E-state index in [0.717, 1.165) is 10.5 Å². The second kappa shape index (κ2) is 7.82. The minimum Gasteiger partial charge on any atom is -0.315 e. The Morgan fingerprint density at radius 1 is 1.04 bits per heavy atom. The van der Waals surface area contributed by atoms with Gasteiger partial charge in [-0.15, -0.1) is 23.1 Å². The van der Waals surface area contributed by atoms with Gasteiger partial charge in [0.1, 0.15) is 16.3 Å². The monoisotopic (exact) mass is 350 g/mol. The highest BCUT2D eigenvalue weighted by Gasteiger charge is 2.23. The highest BCUT2D eigenvalue weighted by molar-refractivity contribution is 8.00. The van der Waals surface area contributed by atoms with Crippen LogP contribution in [-0.2, 0) is 4.79 Å². The fourth-order valence-corrected chi connectivity index (χ4v) is 3.99. The summed E-state index contributed by atoms with van der Waals surface area (Å²) in [7, 11) is 0. The zero-order chi connectivity index (χ0) is 16.8. The Morgan fingerprint density at radius 2 is 1.71 bits per heavy atom. The van der Waals surface area contributed by atoms with E-state index in [2.05, 4.69) is 11.4 Å². The van der Waals surface area contributed by atoms with Crippen molar-refractivity contribution in [3.05, 3.63) is 83.2 Å². The predicted molar refractivity (Wildman–Crippen MR) is 99.1 cm³/mol.